The van der Waals surface area contributed by atoms with Gasteiger partial charge in [-0.25, -0.2) is 5.43 Å². The molecular formula is C19H19F3N2OS. The number of carbonyl (C=O) groups excluding carboxylic acids is 1. The quantitative estimate of drug-likeness (QED) is 0.583. The zero-order valence-electron chi connectivity index (χ0n) is 14.4. The predicted octanol–water partition coefficient (Wildman–Crippen LogP) is 4.71. The van der Waals surface area contributed by atoms with E-state index in [0.717, 1.165) is 17.7 Å². The van der Waals surface area contributed by atoms with Crippen molar-refractivity contribution in [1.29, 1.82) is 0 Å². The van der Waals surface area contributed by atoms with Crippen molar-refractivity contribution in [3.63, 3.8) is 0 Å². The number of hydrazone groups is 1. The summed E-state index contributed by atoms with van der Waals surface area (Å²) >= 11 is 1.45. The van der Waals surface area contributed by atoms with Crippen molar-refractivity contribution in [1.82, 2.24) is 5.43 Å². The zero-order chi connectivity index (χ0) is 19.2. The summed E-state index contributed by atoms with van der Waals surface area (Å²) in [5, 5.41) is 3.71. The summed E-state index contributed by atoms with van der Waals surface area (Å²) < 4.78 is 37.9. The number of thioether (sulfide) groups is 1. The summed E-state index contributed by atoms with van der Waals surface area (Å²) in [6.07, 6.45) is -3.21. The van der Waals surface area contributed by atoms with Gasteiger partial charge < -0.3 is 0 Å². The predicted molar refractivity (Wildman–Crippen MR) is 99.3 cm³/mol. The molecule has 0 saturated carbocycles. The van der Waals surface area contributed by atoms with Crippen LogP contribution in [0.15, 0.2) is 47.6 Å². The molecule has 7 heteroatoms. The molecule has 3 nitrogen and oxygen atoms in total. The summed E-state index contributed by atoms with van der Waals surface area (Å²) in [4.78, 5) is 11.8. The van der Waals surface area contributed by atoms with Crippen LogP contribution >= 0.6 is 11.8 Å². The van der Waals surface area contributed by atoms with Crippen LogP contribution in [0.1, 0.15) is 27.8 Å². The Labute approximate surface area is 154 Å². The summed E-state index contributed by atoms with van der Waals surface area (Å²) in [6, 6.07) is 11.0. The van der Waals surface area contributed by atoms with Crippen molar-refractivity contribution >= 4 is 23.9 Å². The first-order valence-corrected chi connectivity index (χ1v) is 9.03. The van der Waals surface area contributed by atoms with Gasteiger partial charge in [0.25, 0.3) is 0 Å². The second kappa shape index (κ2) is 8.89. The molecule has 0 aliphatic carbocycles. The summed E-state index contributed by atoms with van der Waals surface area (Å²) in [5.74, 6) is 0.614. The van der Waals surface area contributed by atoms with Crippen LogP contribution in [0.5, 0.6) is 0 Å². The van der Waals surface area contributed by atoms with E-state index in [0.29, 0.717) is 5.75 Å². The standard InChI is InChI=1S/C19H19F3N2OS/c1-13-6-14(2)8-16(7-13)11-26-12-18(25)24-23-10-15-4-3-5-17(9-15)19(20,21)22/h3-10H,11-12H2,1-2H3,(H,24,25)/b23-10+. The average molecular weight is 380 g/mol. The number of hydrogen-bond donors (Lipinski definition) is 1. The largest absolute Gasteiger partial charge is 0.416 e. The number of nitrogens with one attached hydrogen (secondary N) is 1. The lowest BCUT2D eigenvalue weighted by Gasteiger charge is -2.06. The normalized spacial score (nSPS) is 11.7. The van der Waals surface area contributed by atoms with Crippen molar-refractivity contribution in [2.75, 3.05) is 5.75 Å². The molecule has 26 heavy (non-hydrogen) atoms. The molecule has 1 amide bonds. The minimum Gasteiger partial charge on any atom is -0.272 e. The number of hydrogen-bond acceptors (Lipinski definition) is 3. The Morgan fingerprint density at radius 2 is 1.85 bits per heavy atom. The molecule has 2 aromatic rings. The number of nitrogens with zero attached hydrogens (tertiary/aromatic N) is 1. The number of halogens is 3. The highest BCUT2D eigenvalue weighted by Gasteiger charge is 2.30. The van der Waals surface area contributed by atoms with E-state index >= 15 is 0 Å². The monoisotopic (exact) mass is 380 g/mol. The number of benzene rings is 2. The molecule has 0 aliphatic rings. The Morgan fingerprint density at radius 1 is 1.15 bits per heavy atom. The van der Waals surface area contributed by atoms with Crippen LogP contribution in [-0.2, 0) is 16.7 Å². The lowest BCUT2D eigenvalue weighted by atomic mass is 10.1. The van der Waals surface area contributed by atoms with Gasteiger partial charge in [-0.3, -0.25) is 4.79 Å². The molecule has 138 valence electrons. The fourth-order valence-corrected chi connectivity index (χ4v) is 3.17. The average Bonchev–Trinajstić information content (AvgIpc) is 2.53. The first-order valence-electron chi connectivity index (χ1n) is 7.88. The second-order valence-corrected chi connectivity index (χ2v) is 6.89. The summed E-state index contributed by atoms with van der Waals surface area (Å²) in [7, 11) is 0. The minimum atomic E-state index is -4.40. The smallest absolute Gasteiger partial charge is 0.272 e. The fourth-order valence-electron chi connectivity index (χ4n) is 2.42. The first-order chi connectivity index (χ1) is 12.2. The maximum atomic E-state index is 12.6. The Balaban J connectivity index is 1.80. The van der Waals surface area contributed by atoms with Gasteiger partial charge in [0.05, 0.1) is 17.5 Å². The van der Waals surface area contributed by atoms with Gasteiger partial charge in [0, 0.05) is 5.75 Å². The van der Waals surface area contributed by atoms with Crippen LogP contribution in [0.4, 0.5) is 13.2 Å². The number of alkyl halides is 3. The molecule has 0 fully saturated rings. The van der Waals surface area contributed by atoms with Crippen molar-refractivity contribution in [2.45, 2.75) is 25.8 Å². The highest BCUT2D eigenvalue weighted by molar-refractivity contribution is 7.99. The van der Waals surface area contributed by atoms with E-state index in [9.17, 15) is 18.0 Å². The lowest BCUT2D eigenvalue weighted by Crippen LogP contribution is -2.19. The van der Waals surface area contributed by atoms with E-state index in [1.165, 1.54) is 41.2 Å². The zero-order valence-corrected chi connectivity index (χ0v) is 15.2. The van der Waals surface area contributed by atoms with Crippen molar-refractivity contribution in [3.8, 4) is 0 Å². The molecule has 2 aromatic carbocycles. The van der Waals surface area contributed by atoms with E-state index in [1.807, 2.05) is 13.8 Å². The van der Waals surface area contributed by atoms with E-state index in [2.05, 4.69) is 28.7 Å². The Hall–Kier alpha value is -2.28. The van der Waals surface area contributed by atoms with Crippen molar-refractivity contribution in [2.24, 2.45) is 5.10 Å². The number of amides is 1. The summed E-state index contributed by atoms with van der Waals surface area (Å²) in [5.41, 5.74) is 5.34. The number of carbonyl (C=O) groups is 1. The van der Waals surface area contributed by atoms with Gasteiger partial charge in [0.15, 0.2) is 0 Å². The maximum Gasteiger partial charge on any atom is 0.416 e. The third-order valence-electron chi connectivity index (χ3n) is 3.40. The molecular weight excluding hydrogens is 361 g/mol. The first kappa shape index (κ1) is 20.0. The van der Waals surface area contributed by atoms with Crippen LogP contribution in [-0.4, -0.2) is 17.9 Å². The molecule has 0 spiro atoms. The Morgan fingerprint density at radius 3 is 2.50 bits per heavy atom. The minimum absolute atomic E-state index is 0.215. The van der Waals surface area contributed by atoms with Gasteiger partial charge in [-0.05, 0) is 37.1 Å². The van der Waals surface area contributed by atoms with E-state index < -0.39 is 11.7 Å². The topological polar surface area (TPSA) is 41.5 Å². The van der Waals surface area contributed by atoms with E-state index in [4.69, 9.17) is 0 Å². The third kappa shape index (κ3) is 6.55. The molecule has 0 radical (unpaired) electrons. The Kier molecular flexibility index (Phi) is 6.85. The van der Waals surface area contributed by atoms with Crippen LogP contribution < -0.4 is 5.43 Å². The van der Waals surface area contributed by atoms with Gasteiger partial charge in [-0.1, -0.05) is 41.5 Å². The van der Waals surface area contributed by atoms with Crippen LogP contribution in [0.25, 0.3) is 0 Å². The summed E-state index contributed by atoms with van der Waals surface area (Å²) in [6.45, 7) is 4.05. The molecule has 0 aliphatic heterocycles. The molecule has 2 rings (SSSR count). The van der Waals surface area contributed by atoms with Gasteiger partial charge >= 0.3 is 6.18 Å². The fraction of sp³-hybridized carbons (Fsp3) is 0.263. The van der Waals surface area contributed by atoms with Gasteiger partial charge in [0.1, 0.15) is 0 Å². The molecule has 0 bridgehead atoms. The number of rotatable bonds is 6. The molecule has 1 N–H and O–H groups in total. The number of aryl methyl sites for hydroxylation is 2. The van der Waals surface area contributed by atoms with Gasteiger partial charge in [-0.15, -0.1) is 11.8 Å². The molecule has 0 aromatic heterocycles. The molecule has 0 unspecified atom stereocenters. The van der Waals surface area contributed by atoms with Crippen molar-refractivity contribution < 1.29 is 18.0 Å². The van der Waals surface area contributed by atoms with Crippen LogP contribution in [0.2, 0.25) is 0 Å². The highest BCUT2D eigenvalue weighted by atomic mass is 32.2. The third-order valence-corrected chi connectivity index (χ3v) is 4.40. The highest BCUT2D eigenvalue weighted by Crippen LogP contribution is 2.29. The maximum absolute atomic E-state index is 12.6. The van der Waals surface area contributed by atoms with Gasteiger partial charge in [-0.2, -0.15) is 18.3 Å². The van der Waals surface area contributed by atoms with Crippen LogP contribution in [0, 0.1) is 13.8 Å². The van der Waals surface area contributed by atoms with Crippen LogP contribution in [0.3, 0.4) is 0 Å². The second-order valence-electron chi connectivity index (χ2n) is 5.91. The van der Waals surface area contributed by atoms with E-state index in [-0.39, 0.29) is 17.2 Å². The Bertz CT molecular complexity index is 783. The lowest BCUT2D eigenvalue weighted by molar-refractivity contribution is -0.137. The van der Waals surface area contributed by atoms with Crippen molar-refractivity contribution in [3.05, 3.63) is 70.3 Å². The SMILES string of the molecule is Cc1cc(C)cc(CSCC(=O)N/N=C/c2cccc(C(F)(F)F)c2)c1. The van der Waals surface area contributed by atoms with E-state index in [1.54, 1.807) is 0 Å². The molecule has 0 heterocycles. The van der Waals surface area contributed by atoms with Gasteiger partial charge in [0.2, 0.25) is 5.91 Å². The molecule has 0 saturated heterocycles. The molecule has 0 atom stereocenters.